The smallest absolute Gasteiger partial charge is 0.252 e. The van der Waals surface area contributed by atoms with Crippen molar-refractivity contribution < 1.29 is 18.3 Å². The van der Waals surface area contributed by atoms with E-state index in [0.717, 1.165) is 41.3 Å². The van der Waals surface area contributed by atoms with Crippen LogP contribution in [0.15, 0.2) is 42.5 Å². The molecule has 2 aromatic rings. The van der Waals surface area contributed by atoms with Crippen LogP contribution in [-0.2, 0) is 11.3 Å². The minimum absolute atomic E-state index is 0.0135. The molecular formula is C30H40F2N2O2S. The second-order valence-corrected chi connectivity index (χ2v) is 10.6. The molecule has 37 heavy (non-hydrogen) atoms. The Morgan fingerprint density at radius 3 is 2.51 bits per heavy atom. The Morgan fingerprint density at radius 2 is 1.84 bits per heavy atom. The summed E-state index contributed by atoms with van der Waals surface area (Å²) in [7, 11) is 3.54. The Morgan fingerprint density at radius 1 is 1.11 bits per heavy atom. The maximum atomic E-state index is 13.4. The van der Waals surface area contributed by atoms with Crippen LogP contribution in [0.5, 0.6) is 0 Å². The molecule has 2 aromatic carbocycles. The molecule has 0 bridgehead atoms. The number of carbonyl (C=O) groups excluding carboxylic acids is 1. The van der Waals surface area contributed by atoms with Gasteiger partial charge < -0.3 is 15.0 Å². The molecule has 1 aliphatic rings. The molecular weight excluding hydrogens is 490 g/mol. The number of rotatable bonds is 12. The molecule has 3 rings (SSSR count). The van der Waals surface area contributed by atoms with Gasteiger partial charge in [0.25, 0.3) is 5.91 Å². The summed E-state index contributed by atoms with van der Waals surface area (Å²) in [6.07, 6.45) is 5.17. The van der Waals surface area contributed by atoms with Gasteiger partial charge in [-0.05, 0) is 85.9 Å². The molecule has 4 nitrogen and oxygen atoms in total. The third-order valence-corrected chi connectivity index (χ3v) is 7.78. The molecule has 0 spiro atoms. The number of methoxy groups -OCH3 is 1. The van der Waals surface area contributed by atoms with Gasteiger partial charge in [-0.25, -0.2) is 8.78 Å². The number of nitrogens with zero attached hydrogens (tertiary/aromatic N) is 1. The SMILES string of the molecule is COC(=S)[C@H](CCC(F)F)NC(=O)c1ccc(CN(C)CCC2CCCCC2)cc1-c1ccccc1C. The van der Waals surface area contributed by atoms with E-state index in [1.807, 2.05) is 43.3 Å². The Labute approximate surface area is 225 Å². The Hall–Kier alpha value is -2.38. The van der Waals surface area contributed by atoms with Gasteiger partial charge in [-0.1, -0.05) is 62.4 Å². The summed E-state index contributed by atoms with van der Waals surface area (Å²) in [6, 6.07) is 13.1. The van der Waals surface area contributed by atoms with Gasteiger partial charge in [0.05, 0.1) is 13.2 Å². The first-order chi connectivity index (χ1) is 17.8. The minimum Gasteiger partial charge on any atom is -0.488 e. The lowest BCUT2D eigenvalue weighted by Gasteiger charge is -2.25. The topological polar surface area (TPSA) is 41.6 Å². The van der Waals surface area contributed by atoms with Gasteiger partial charge in [0.1, 0.15) is 0 Å². The van der Waals surface area contributed by atoms with Crippen molar-refractivity contribution in [2.45, 2.75) is 77.3 Å². The van der Waals surface area contributed by atoms with Crippen molar-refractivity contribution in [2.75, 3.05) is 20.7 Å². The Kier molecular flexibility index (Phi) is 11.5. The van der Waals surface area contributed by atoms with Crippen LogP contribution in [0, 0.1) is 12.8 Å². The third-order valence-electron chi connectivity index (χ3n) is 7.32. The number of aryl methyl sites for hydroxylation is 1. The van der Waals surface area contributed by atoms with Crippen LogP contribution in [0.4, 0.5) is 8.78 Å². The van der Waals surface area contributed by atoms with Crippen LogP contribution in [0.2, 0.25) is 0 Å². The normalized spacial score (nSPS) is 15.1. The van der Waals surface area contributed by atoms with E-state index < -0.39 is 12.5 Å². The molecule has 202 valence electrons. The van der Waals surface area contributed by atoms with Gasteiger partial charge in [0.2, 0.25) is 6.43 Å². The van der Waals surface area contributed by atoms with E-state index in [-0.39, 0.29) is 23.8 Å². The van der Waals surface area contributed by atoms with E-state index in [4.69, 9.17) is 17.0 Å². The number of benzene rings is 2. The average Bonchev–Trinajstić information content (AvgIpc) is 2.90. The van der Waals surface area contributed by atoms with Crippen molar-refractivity contribution >= 4 is 23.2 Å². The molecule has 1 amide bonds. The molecule has 1 saturated carbocycles. The van der Waals surface area contributed by atoms with Gasteiger partial charge in [-0.3, -0.25) is 4.79 Å². The number of ether oxygens (including phenoxy) is 1. The highest BCUT2D eigenvalue weighted by Crippen LogP contribution is 2.30. The van der Waals surface area contributed by atoms with Crippen LogP contribution in [0.3, 0.4) is 0 Å². The van der Waals surface area contributed by atoms with Crippen molar-refractivity contribution in [1.29, 1.82) is 0 Å². The summed E-state index contributed by atoms with van der Waals surface area (Å²) in [6.45, 7) is 3.86. The quantitative estimate of drug-likeness (QED) is 0.295. The number of hydrogen-bond acceptors (Lipinski definition) is 4. The average molecular weight is 531 g/mol. The van der Waals surface area contributed by atoms with Gasteiger partial charge in [0.15, 0.2) is 5.05 Å². The first-order valence-electron chi connectivity index (χ1n) is 13.3. The van der Waals surface area contributed by atoms with E-state index >= 15 is 0 Å². The number of amides is 1. The largest absolute Gasteiger partial charge is 0.488 e. The zero-order chi connectivity index (χ0) is 26.8. The molecule has 0 aliphatic heterocycles. The summed E-state index contributed by atoms with van der Waals surface area (Å²) < 4.78 is 30.8. The maximum absolute atomic E-state index is 13.4. The third kappa shape index (κ3) is 8.85. The molecule has 0 heterocycles. The fourth-order valence-electron chi connectivity index (χ4n) is 5.18. The number of hydrogen-bond donors (Lipinski definition) is 1. The molecule has 0 unspecified atom stereocenters. The monoisotopic (exact) mass is 530 g/mol. The second-order valence-electron chi connectivity index (χ2n) is 10.2. The van der Waals surface area contributed by atoms with Crippen LogP contribution in [-0.4, -0.2) is 49.0 Å². The molecule has 1 fully saturated rings. The van der Waals surface area contributed by atoms with Crippen molar-refractivity contribution in [2.24, 2.45) is 5.92 Å². The first-order valence-corrected chi connectivity index (χ1v) is 13.7. The van der Waals surface area contributed by atoms with E-state index in [0.29, 0.717) is 5.56 Å². The highest BCUT2D eigenvalue weighted by atomic mass is 32.1. The zero-order valence-corrected chi connectivity index (χ0v) is 23.1. The lowest BCUT2D eigenvalue weighted by Crippen LogP contribution is -2.41. The summed E-state index contributed by atoms with van der Waals surface area (Å²) >= 11 is 5.20. The number of halogens is 2. The van der Waals surface area contributed by atoms with E-state index in [1.54, 1.807) is 0 Å². The van der Waals surface area contributed by atoms with Crippen LogP contribution in [0.1, 0.15) is 72.9 Å². The Balaban J connectivity index is 1.81. The lowest BCUT2D eigenvalue weighted by atomic mass is 9.87. The summed E-state index contributed by atoms with van der Waals surface area (Å²) in [5.74, 6) is 0.482. The standard InChI is InChI=1S/C30H40F2N2O2S/c1-21-9-7-8-12-24(21)26-19-23(20-34(2)18-17-22-10-5-4-6-11-22)13-14-25(26)29(35)33-27(30(37)36-3)15-16-28(31)32/h7-9,12-14,19,22,27-28H,4-6,10-11,15-18,20H2,1-3H3,(H,33,35)/t27-/m0/s1. The van der Waals surface area contributed by atoms with Crippen molar-refractivity contribution in [3.05, 3.63) is 59.2 Å². The Bertz CT molecular complexity index is 1040. The molecule has 0 saturated heterocycles. The summed E-state index contributed by atoms with van der Waals surface area (Å²) in [4.78, 5) is 15.8. The predicted octanol–water partition coefficient (Wildman–Crippen LogP) is 7.18. The number of nitrogens with one attached hydrogen (secondary N) is 1. The van der Waals surface area contributed by atoms with Crippen LogP contribution in [0.25, 0.3) is 11.1 Å². The number of carbonyl (C=O) groups is 1. The molecule has 1 aliphatic carbocycles. The molecule has 0 aromatic heterocycles. The molecule has 1 N–H and O–H groups in total. The predicted molar refractivity (Wildman–Crippen MR) is 150 cm³/mol. The second kappa shape index (κ2) is 14.5. The van der Waals surface area contributed by atoms with Gasteiger partial charge >= 0.3 is 0 Å². The van der Waals surface area contributed by atoms with Crippen molar-refractivity contribution in [3.8, 4) is 11.1 Å². The van der Waals surface area contributed by atoms with Crippen LogP contribution < -0.4 is 5.32 Å². The fourth-order valence-corrected chi connectivity index (χ4v) is 5.35. The molecule has 0 radical (unpaired) electrons. The van der Waals surface area contributed by atoms with Crippen molar-refractivity contribution in [3.63, 3.8) is 0 Å². The number of alkyl halides is 2. The van der Waals surface area contributed by atoms with Gasteiger partial charge in [-0.2, -0.15) is 0 Å². The lowest BCUT2D eigenvalue weighted by molar-refractivity contribution is 0.0929. The minimum atomic E-state index is -2.48. The highest BCUT2D eigenvalue weighted by molar-refractivity contribution is 7.80. The fraction of sp³-hybridized carbons (Fsp3) is 0.533. The summed E-state index contributed by atoms with van der Waals surface area (Å²) in [5, 5.41) is 2.94. The molecule has 1 atom stereocenters. The van der Waals surface area contributed by atoms with Crippen molar-refractivity contribution in [1.82, 2.24) is 10.2 Å². The van der Waals surface area contributed by atoms with Gasteiger partial charge in [0, 0.05) is 18.5 Å². The van der Waals surface area contributed by atoms with E-state index in [1.165, 1.54) is 45.6 Å². The van der Waals surface area contributed by atoms with Crippen LogP contribution >= 0.6 is 12.2 Å². The van der Waals surface area contributed by atoms with E-state index in [2.05, 4.69) is 23.3 Å². The van der Waals surface area contributed by atoms with Gasteiger partial charge in [-0.15, -0.1) is 0 Å². The summed E-state index contributed by atoms with van der Waals surface area (Å²) in [5.41, 5.74) is 4.47. The van der Waals surface area contributed by atoms with E-state index in [9.17, 15) is 13.6 Å². The zero-order valence-electron chi connectivity index (χ0n) is 22.3. The number of thiocarbonyl (C=S) groups is 1. The molecule has 7 heteroatoms. The first kappa shape index (κ1) is 29.2. The highest BCUT2D eigenvalue weighted by Gasteiger charge is 2.23. The maximum Gasteiger partial charge on any atom is 0.252 e.